The molecule has 0 spiro atoms. The van der Waals surface area contributed by atoms with Gasteiger partial charge in [0.05, 0.1) is 0 Å². The summed E-state index contributed by atoms with van der Waals surface area (Å²) >= 11 is 0. The van der Waals surface area contributed by atoms with Crippen LogP contribution in [-0.2, 0) is 4.79 Å². The molecule has 0 saturated carbocycles. The maximum atomic E-state index is 12.9. The predicted octanol–water partition coefficient (Wildman–Crippen LogP) is 1.45. The molecule has 1 aliphatic heterocycles. The molecular formula is C12H15F3N2O3. The quantitative estimate of drug-likeness (QED) is 0.611. The second kappa shape index (κ2) is 6.03. The van der Waals surface area contributed by atoms with Crippen LogP contribution >= 0.6 is 0 Å². The summed E-state index contributed by atoms with van der Waals surface area (Å²) in [6.45, 7) is 0.739. The van der Waals surface area contributed by atoms with Crippen LogP contribution in [0.4, 0.5) is 18.0 Å². The topological polar surface area (TPSA) is 69.6 Å². The number of nitrogens with zero attached hydrogens (tertiary/aromatic N) is 1. The van der Waals surface area contributed by atoms with Crippen molar-refractivity contribution in [3.63, 3.8) is 0 Å². The molecule has 0 aromatic rings. The van der Waals surface area contributed by atoms with Gasteiger partial charge in [0.25, 0.3) is 0 Å². The van der Waals surface area contributed by atoms with Crippen LogP contribution in [-0.4, -0.2) is 47.8 Å². The molecule has 0 radical (unpaired) electrons. The molecule has 0 aromatic heterocycles. The van der Waals surface area contributed by atoms with Gasteiger partial charge in [-0.2, -0.15) is 13.2 Å². The third kappa shape index (κ3) is 3.15. The van der Waals surface area contributed by atoms with E-state index in [4.69, 9.17) is 5.11 Å². The van der Waals surface area contributed by atoms with Crippen molar-refractivity contribution in [3.8, 4) is 11.8 Å². The van der Waals surface area contributed by atoms with Crippen molar-refractivity contribution in [2.24, 2.45) is 5.41 Å². The van der Waals surface area contributed by atoms with Crippen LogP contribution < -0.4 is 5.32 Å². The number of hydrogen-bond acceptors (Lipinski definition) is 2. The Morgan fingerprint density at radius 3 is 2.55 bits per heavy atom. The number of urea groups is 1. The summed E-state index contributed by atoms with van der Waals surface area (Å²) in [5.41, 5.74) is -2.87. The standard InChI is InChI=1S/C12H15F3N2O3/c1-2-3-4-6-16-10(20)17-7-5-11(8-17,9(18)19)12(13,14)15/h4-8H2,1H3,(H,16,20)(H,18,19). The van der Waals surface area contributed by atoms with Crippen molar-refractivity contribution in [1.29, 1.82) is 0 Å². The van der Waals surface area contributed by atoms with E-state index in [2.05, 4.69) is 17.2 Å². The lowest BCUT2D eigenvalue weighted by molar-refractivity contribution is -0.226. The second-order valence-corrected chi connectivity index (χ2v) is 4.47. The van der Waals surface area contributed by atoms with E-state index in [1.807, 2.05) is 0 Å². The van der Waals surface area contributed by atoms with Crippen molar-refractivity contribution in [1.82, 2.24) is 10.2 Å². The van der Waals surface area contributed by atoms with Crippen LogP contribution in [0.3, 0.4) is 0 Å². The van der Waals surface area contributed by atoms with E-state index < -0.39 is 36.6 Å². The molecule has 5 nitrogen and oxygen atoms in total. The molecule has 2 N–H and O–H groups in total. The highest BCUT2D eigenvalue weighted by atomic mass is 19.4. The molecule has 1 heterocycles. The van der Waals surface area contributed by atoms with Crippen molar-refractivity contribution in [2.75, 3.05) is 19.6 Å². The van der Waals surface area contributed by atoms with Crippen molar-refractivity contribution < 1.29 is 27.9 Å². The third-order valence-electron chi connectivity index (χ3n) is 3.21. The number of nitrogens with one attached hydrogen (secondary N) is 1. The number of likely N-dealkylation sites (tertiary alicyclic amines) is 1. The van der Waals surface area contributed by atoms with Gasteiger partial charge >= 0.3 is 18.2 Å². The molecule has 2 amide bonds. The second-order valence-electron chi connectivity index (χ2n) is 4.47. The Bertz CT molecular complexity index is 453. The number of carboxylic acids is 1. The van der Waals surface area contributed by atoms with Crippen molar-refractivity contribution >= 4 is 12.0 Å². The molecule has 1 rings (SSSR count). The lowest BCUT2D eigenvalue weighted by atomic mass is 9.86. The molecule has 0 aromatic carbocycles. The van der Waals surface area contributed by atoms with E-state index in [-0.39, 0.29) is 13.1 Å². The zero-order valence-corrected chi connectivity index (χ0v) is 10.9. The van der Waals surface area contributed by atoms with Gasteiger partial charge in [0.15, 0.2) is 5.41 Å². The zero-order chi connectivity index (χ0) is 15.4. The molecule has 20 heavy (non-hydrogen) atoms. The minimum atomic E-state index is -4.89. The number of carboxylic acid groups (broad SMARTS) is 1. The molecule has 1 saturated heterocycles. The van der Waals surface area contributed by atoms with Crippen LogP contribution in [0.1, 0.15) is 19.8 Å². The van der Waals surface area contributed by atoms with Crippen molar-refractivity contribution in [3.05, 3.63) is 0 Å². The molecule has 0 bridgehead atoms. The summed E-state index contributed by atoms with van der Waals surface area (Å²) < 4.78 is 38.7. The molecular weight excluding hydrogens is 277 g/mol. The first-order chi connectivity index (χ1) is 9.24. The summed E-state index contributed by atoms with van der Waals surface area (Å²) in [5.74, 6) is 3.37. The molecule has 8 heteroatoms. The SMILES string of the molecule is CC#CCCNC(=O)N1CCC(C(=O)O)(C(F)(F)F)C1. The van der Waals surface area contributed by atoms with Gasteiger partial charge in [0.1, 0.15) is 0 Å². The Balaban J connectivity index is 2.67. The number of carbonyl (C=O) groups is 2. The Morgan fingerprint density at radius 1 is 1.45 bits per heavy atom. The number of halogens is 3. The van der Waals surface area contributed by atoms with Crippen LogP contribution in [0, 0.1) is 17.3 Å². The van der Waals surface area contributed by atoms with E-state index in [1.165, 1.54) is 0 Å². The summed E-state index contributed by atoms with van der Waals surface area (Å²) in [4.78, 5) is 23.5. The normalized spacial score (nSPS) is 22.1. The Morgan fingerprint density at radius 2 is 2.10 bits per heavy atom. The Hall–Kier alpha value is -1.91. The van der Waals surface area contributed by atoms with Gasteiger partial charge in [0, 0.05) is 26.1 Å². The zero-order valence-electron chi connectivity index (χ0n) is 10.9. The number of aliphatic carboxylic acids is 1. The van der Waals surface area contributed by atoms with Gasteiger partial charge in [-0.05, 0) is 13.3 Å². The first-order valence-electron chi connectivity index (χ1n) is 5.97. The third-order valence-corrected chi connectivity index (χ3v) is 3.21. The monoisotopic (exact) mass is 292 g/mol. The Kier molecular flexibility index (Phi) is 4.87. The molecule has 112 valence electrons. The number of amides is 2. The summed E-state index contributed by atoms with van der Waals surface area (Å²) in [5, 5.41) is 11.3. The fourth-order valence-electron chi connectivity index (χ4n) is 1.98. The molecule has 1 aliphatic rings. The fourth-order valence-corrected chi connectivity index (χ4v) is 1.98. The molecule has 1 unspecified atom stereocenters. The summed E-state index contributed by atoms with van der Waals surface area (Å²) in [6.07, 6.45) is -5.13. The molecule has 1 fully saturated rings. The van der Waals surface area contributed by atoms with Gasteiger partial charge < -0.3 is 15.3 Å². The lowest BCUT2D eigenvalue weighted by Gasteiger charge is -2.27. The van der Waals surface area contributed by atoms with E-state index in [1.54, 1.807) is 6.92 Å². The van der Waals surface area contributed by atoms with Gasteiger partial charge in [-0.15, -0.1) is 11.8 Å². The van der Waals surface area contributed by atoms with E-state index in [9.17, 15) is 22.8 Å². The van der Waals surface area contributed by atoms with E-state index >= 15 is 0 Å². The predicted molar refractivity (Wildman–Crippen MR) is 63.8 cm³/mol. The van der Waals surface area contributed by atoms with Crippen LogP contribution in [0.2, 0.25) is 0 Å². The highest BCUT2D eigenvalue weighted by Gasteiger charge is 2.64. The average Bonchev–Trinajstić information content (AvgIpc) is 2.80. The lowest BCUT2D eigenvalue weighted by Crippen LogP contribution is -2.49. The highest BCUT2D eigenvalue weighted by Crippen LogP contribution is 2.45. The van der Waals surface area contributed by atoms with Crippen molar-refractivity contribution in [2.45, 2.75) is 25.9 Å². The number of alkyl halides is 3. The van der Waals surface area contributed by atoms with Gasteiger partial charge in [-0.1, -0.05) is 0 Å². The Labute approximate surface area is 114 Å². The fraction of sp³-hybridized carbons (Fsp3) is 0.667. The average molecular weight is 292 g/mol. The molecule has 1 atom stereocenters. The maximum Gasteiger partial charge on any atom is 0.406 e. The first kappa shape index (κ1) is 16.1. The first-order valence-corrected chi connectivity index (χ1v) is 5.97. The summed E-state index contributed by atoms with van der Waals surface area (Å²) in [6, 6.07) is -0.699. The number of rotatable bonds is 3. The van der Waals surface area contributed by atoms with Gasteiger partial charge in [-0.25, -0.2) is 4.79 Å². The van der Waals surface area contributed by atoms with Crippen LogP contribution in [0.5, 0.6) is 0 Å². The van der Waals surface area contributed by atoms with Gasteiger partial charge in [0.2, 0.25) is 0 Å². The minimum absolute atomic E-state index is 0.211. The smallest absolute Gasteiger partial charge is 0.406 e. The highest BCUT2D eigenvalue weighted by molar-refractivity contribution is 5.80. The van der Waals surface area contributed by atoms with E-state index in [0.717, 1.165) is 4.90 Å². The molecule has 0 aliphatic carbocycles. The number of carbonyl (C=O) groups excluding carboxylic acids is 1. The van der Waals surface area contributed by atoms with Gasteiger partial charge in [-0.3, -0.25) is 4.79 Å². The maximum absolute atomic E-state index is 12.9. The largest absolute Gasteiger partial charge is 0.481 e. The number of hydrogen-bond donors (Lipinski definition) is 2. The summed E-state index contributed by atoms with van der Waals surface area (Å²) in [7, 11) is 0. The van der Waals surface area contributed by atoms with E-state index in [0.29, 0.717) is 6.42 Å². The minimum Gasteiger partial charge on any atom is -0.481 e. The van der Waals surface area contributed by atoms with Crippen LogP contribution in [0.15, 0.2) is 0 Å². The van der Waals surface area contributed by atoms with Crippen LogP contribution in [0.25, 0.3) is 0 Å².